The van der Waals surface area contributed by atoms with E-state index in [-0.39, 0.29) is 11.8 Å². The van der Waals surface area contributed by atoms with Gasteiger partial charge in [0, 0.05) is 6.54 Å². The third-order valence-corrected chi connectivity index (χ3v) is 3.75. The first-order chi connectivity index (χ1) is 8.70. The lowest BCUT2D eigenvalue weighted by atomic mass is 10.1. The van der Waals surface area contributed by atoms with Crippen LogP contribution in [0.5, 0.6) is 0 Å². The third kappa shape index (κ3) is 2.08. The van der Waals surface area contributed by atoms with Crippen molar-refractivity contribution in [3.63, 3.8) is 0 Å². The van der Waals surface area contributed by atoms with E-state index >= 15 is 0 Å². The van der Waals surface area contributed by atoms with Crippen LogP contribution in [0.2, 0.25) is 0 Å². The Kier molecular flexibility index (Phi) is 3.87. The van der Waals surface area contributed by atoms with E-state index in [0.29, 0.717) is 17.0 Å². The van der Waals surface area contributed by atoms with Crippen molar-refractivity contribution in [2.24, 2.45) is 0 Å². The summed E-state index contributed by atoms with van der Waals surface area (Å²) in [6.45, 7) is 4.21. The smallest absolute Gasteiger partial charge is 0.267 e. The van der Waals surface area contributed by atoms with E-state index in [9.17, 15) is 9.59 Å². The van der Waals surface area contributed by atoms with Crippen molar-refractivity contribution in [3.8, 4) is 0 Å². The molecule has 0 bridgehead atoms. The molecular weight excluding hydrogens is 246 g/mol. The fraction of sp³-hybridized carbons (Fsp3) is 0.286. The van der Waals surface area contributed by atoms with Crippen molar-refractivity contribution < 1.29 is 9.59 Å². The average Bonchev–Trinajstić information content (AvgIpc) is 2.62. The number of hydrogen-bond donors (Lipinski definition) is 0. The van der Waals surface area contributed by atoms with Crippen molar-refractivity contribution in [2.75, 3.05) is 12.3 Å². The molecule has 0 aliphatic carbocycles. The Morgan fingerprint density at radius 1 is 1.06 bits per heavy atom. The van der Waals surface area contributed by atoms with Crippen LogP contribution in [0.3, 0.4) is 0 Å². The SMILES string of the molecule is CCSC1=C(c2ccccc2)C(=O)N(CC)C1=O. The molecule has 0 fully saturated rings. The number of carbonyl (C=O) groups excluding carboxylic acids is 2. The molecule has 1 aliphatic heterocycles. The number of rotatable bonds is 4. The lowest BCUT2D eigenvalue weighted by Gasteiger charge is -2.11. The van der Waals surface area contributed by atoms with Crippen LogP contribution >= 0.6 is 11.8 Å². The van der Waals surface area contributed by atoms with Gasteiger partial charge in [-0.1, -0.05) is 37.3 Å². The van der Waals surface area contributed by atoms with Crippen LogP contribution in [0.4, 0.5) is 0 Å². The van der Waals surface area contributed by atoms with E-state index in [1.165, 1.54) is 16.7 Å². The highest BCUT2D eigenvalue weighted by Crippen LogP contribution is 2.35. The van der Waals surface area contributed by atoms with E-state index in [4.69, 9.17) is 0 Å². The second-order valence-corrected chi connectivity index (χ2v) is 5.13. The van der Waals surface area contributed by atoms with Crippen LogP contribution in [-0.4, -0.2) is 29.0 Å². The van der Waals surface area contributed by atoms with Gasteiger partial charge in [-0.25, -0.2) is 0 Å². The molecule has 4 heteroatoms. The molecule has 0 aromatic heterocycles. The van der Waals surface area contributed by atoms with Crippen molar-refractivity contribution >= 4 is 29.1 Å². The number of benzene rings is 1. The standard InChI is InChI=1S/C14H15NO2S/c1-3-15-13(16)11(10-8-6-5-7-9-10)12(14(15)17)18-4-2/h5-9H,3-4H2,1-2H3. The predicted molar refractivity (Wildman–Crippen MR) is 73.9 cm³/mol. The van der Waals surface area contributed by atoms with Gasteiger partial charge in [0.2, 0.25) is 0 Å². The summed E-state index contributed by atoms with van der Waals surface area (Å²) < 4.78 is 0. The molecule has 0 unspecified atom stereocenters. The number of carbonyl (C=O) groups is 2. The first kappa shape index (κ1) is 12.9. The van der Waals surface area contributed by atoms with Gasteiger partial charge in [0.25, 0.3) is 11.8 Å². The molecule has 0 saturated heterocycles. The number of hydrogen-bond acceptors (Lipinski definition) is 3. The van der Waals surface area contributed by atoms with Gasteiger partial charge < -0.3 is 0 Å². The Balaban J connectivity index is 2.51. The van der Waals surface area contributed by atoms with E-state index in [2.05, 4.69) is 0 Å². The van der Waals surface area contributed by atoms with E-state index in [1.807, 2.05) is 44.2 Å². The van der Waals surface area contributed by atoms with Crippen LogP contribution < -0.4 is 0 Å². The van der Waals surface area contributed by atoms with Crippen LogP contribution in [-0.2, 0) is 9.59 Å². The molecule has 1 aliphatic rings. The minimum Gasteiger partial charge on any atom is -0.274 e. The second kappa shape index (κ2) is 5.40. The second-order valence-electron chi connectivity index (χ2n) is 3.86. The van der Waals surface area contributed by atoms with Gasteiger partial charge in [-0.05, 0) is 18.2 Å². The monoisotopic (exact) mass is 261 g/mol. The average molecular weight is 261 g/mol. The number of likely N-dealkylation sites (N-methyl/N-ethyl adjacent to an activating group) is 1. The molecule has 18 heavy (non-hydrogen) atoms. The minimum atomic E-state index is -0.176. The summed E-state index contributed by atoms with van der Waals surface area (Å²) in [4.78, 5) is 26.3. The maximum Gasteiger partial charge on any atom is 0.267 e. The summed E-state index contributed by atoms with van der Waals surface area (Å²) in [5.74, 6) is 0.445. The summed E-state index contributed by atoms with van der Waals surface area (Å²) in [5.41, 5.74) is 1.37. The molecule has 0 spiro atoms. The minimum absolute atomic E-state index is 0.159. The van der Waals surface area contributed by atoms with E-state index in [0.717, 1.165) is 11.3 Å². The number of nitrogens with zero attached hydrogens (tertiary/aromatic N) is 1. The fourth-order valence-corrected chi connectivity index (χ4v) is 2.85. The molecule has 2 amide bonds. The number of imide groups is 1. The molecule has 1 aromatic carbocycles. The van der Waals surface area contributed by atoms with Crippen LogP contribution in [0, 0.1) is 0 Å². The van der Waals surface area contributed by atoms with Gasteiger partial charge in [0.05, 0.1) is 10.5 Å². The molecule has 1 aromatic rings. The topological polar surface area (TPSA) is 37.4 Å². The maximum absolute atomic E-state index is 12.3. The Bertz CT molecular complexity index is 508. The predicted octanol–water partition coefficient (Wildman–Crippen LogP) is 2.54. The zero-order valence-electron chi connectivity index (χ0n) is 10.5. The highest BCUT2D eigenvalue weighted by molar-refractivity contribution is 8.04. The Morgan fingerprint density at radius 2 is 1.72 bits per heavy atom. The van der Waals surface area contributed by atoms with Gasteiger partial charge in [-0.2, -0.15) is 0 Å². The van der Waals surface area contributed by atoms with Gasteiger partial charge in [0.1, 0.15) is 0 Å². The lowest BCUT2D eigenvalue weighted by molar-refractivity contribution is -0.136. The van der Waals surface area contributed by atoms with Crippen LogP contribution in [0.1, 0.15) is 19.4 Å². The third-order valence-electron chi connectivity index (χ3n) is 2.79. The molecule has 94 valence electrons. The first-order valence-electron chi connectivity index (χ1n) is 5.99. The summed E-state index contributed by atoms with van der Waals surface area (Å²) in [6.07, 6.45) is 0. The molecule has 0 N–H and O–H groups in total. The molecular formula is C14H15NO2S. The van der Waals surface area contributed by atoms with Crippen molar-refractivity contribution in [1.29, 1.82) is 0 Å². The van der Waals surface area contributed by atoms with E-state index in [1.54, 1.807) is 0 Å². The molecule has 0 radical (unpaired) electrons. The van der Waals surface area contributed by atoms with Crippen molar-refractivity contribution in [1.82, 2.24) is 4.90 Å². The van der Waals surface area contributed by atoms with Crippen LogP contribution in [0.25, 0.3) is 5.57 Å². The van der Waals surface area contributed by atoms with Crippen LogP contribution in [0.15, 0.2) is 35.2 Å². The largest absolute Gasteiger partial charge is 0.274 e. The zero-order chi connectivity index (χ0) is 13.1. The zero-order valence-corrected chi connectivity index (χ0v) is 11.3. The van der Waals surface area contributed by atoms with Gasteiger partial charge in [-0.15, -0.1) is 11.8 Å². The fourth-order valence-electron chi connectivity index (χ4n) is 1.98. The van der Waals surface area contributed by atoms with Gasteiger partial charge >= 0.3 is 0 Å². The van der Waals surface area contributed by atoms with E-state index < -0.39 is 0 Å². The Morgan fingerprint density at radius 3 is 2.28 bits per heavy atom. The highest BCUT2D eigenvalue weighted by Gasteiger charge is 2.37. The summed E-state index contributed by atoms with van der Waals surface area (Å²) in [5, 5.41) is 0. The summed E-state index contributed by atoms with van der Waals surface area (Å²) >= 11 is 1.44. The Hall–Kier alpha value is -1.55. The molecule has 1 heterocycles. The number of amides is 2. The van der Waals surface area contributed by atoms with Gasteiger partial charge in [0.15, 0.2) is 0 Å². The molecule has 3 nitrogen and oxygen atoms in total. The Labute approximate surface area is 111 Å². The summed E-state index contributed by atoms with van der Waals surface area (Å²) in [7, 11) is 0. The van der Waals surface area contributed by atoms with Crippen molar-refractivity contribution in [3.05, 3.63) is 40.8 Å². The summed E-state index contributed by atoms with van der Waals surface area (Å²) in [6, 6.07) is 9.40. The first-order valence-corrected chi connectivity index (χ1v) is 6.97. The highest BCUT2D eigenvalue weighted by atomic mass is 32.2. The quantitative estimate of drug-likeness (QED) is 0.782. The molecule has 2 rings (SSSR count). The normalized spacial score (nSPS) is 15.8. The molecule has 0 atom stereocenters. The van der Waals surface area contributed by atoms with Gasteiger partial charge in [-0.3, -0.25) is 14.5 Å². The maximum atomic E-state index is 12.3. The number of thioether (sulfide) groups is 1. The lowest BCUT2D eigenvalue weighted by Crippen LogP contribution is -2.31. The van der Waals surface area contributed by atoms with Crippen molar-refractivity contribution in [2.45, 2.75) is 13.8 Å². The molecule has 0 saturated carbocycles.